The van der Waals surface area contributed by atoms with Gasteiger partial charge >= 0.3 is 0 Å². The topological polar surface area (TPSA) is 55.9 Å². The fourth-order valence-corrected chi connectivity index (χ4v) is 3.30. The molecule has 0 aliphatic rings. The van der Waals surface area contributed by atoms with E-state index in [0.717, 1.165) is 41.4 Å². The molecule has 0 amide bonds. The molecule has 0 atom stereocenters. The largest absolute Gasteiger partial charge is 0.461 e. The van der Waals surface area contributed by atoms with Crippen LogP contribution in [0, 0.1) is 0 Å². The summed E-state index contributed by atoms with van der Waals surface area (Å²) in [7, 11) is 0. The molecule has 0 bridgehead atoms. The van der Waals surface area contributed by atoms with Crippen LogP contribution < -0.4 is 5.32 Å². The summed E-state index contributed by atoms with van der Waals surface area (Å²) in [5, 5.41) is 3.44. The Balaban J connectivity index is 1.70. The van der Waals surface area contributed by atoms with Crippen LogP contribution in [0.25, 0.3) is 22.6 Å². The second-order valence-electron chi connectivity index (χ2n) is 6.64. The molecule has 0 aliphatic carbocycles. The summed E-state index contributed by atoms with van der Waals surface area (Å²) in [6.45, 7) is 3.85. The predicted molar refractivity (Wildman–Crippen MR) is 109 cm³/mol. The van der Waals surface area contributed by atoms with E-state index in [-0.39, 0.29) is 0 Å². The fourth-order valence-electron chi connectivity index (χ4n) is 3.30. The van der Waals surface area contributed by atoms with Gasteiger partial charge in [0.15, 0.2) is 17.4 Å². The van der Waals surface area contributed by atoms with Crippen LogP contribution in [0.1, 0.15) is 31.7 Å². The maximum Gasteiger partial charge on any atom is 0.177 e. The number of furan rings is 1. The molecule has 138 valence electrons. The molecule has 0 saturated heterocycles. The summed E-state index contributed by atoms with van der Waals surface area (Å²) < 4.78 is 7.89. The zero-order valence-electron chi connectivity index (χ0n) is 15.6. The van der Waals surface area contributed by atoms with Crippen LogP contribution in [0.2, 0.25) is 0 Å². The first-order chi connectivity index (χ1) is 13.4. The predicted octanol–water partition coefficient (Wildman–Crippen LogP) is 5.49. The highest BCUT2D eigenvalue weighted by Crippen LogP contribution is 2.29. The van der Waals surface area contributed by atoms with Gasteiger partial charge in [0.2, 0.25) is 0 Å². The number of benzene rings is 1. The lowest BCUT2D eigenvalue weighted by molar-refractivity contribution is 0.561. The number of pyridine rings is 1. The molecule has 5 heteroatoms. The fraction of sp³-hybridized carbons (Fsp3) is 0.273. The Morgan fingerprint density at radius 3 is 2.70 bits per heavy atom. The Morgan fingerprint density at radius 2 is 1.93 bits per heavy atom. The van der Waals surface area contributed by atoms with E-state index in [9.17, 15) is 0 Å². The van der Waals surface area contributed by atoms with Crippen LogP contribution in [-0.2, 0) is 13.1 Å². The van der Waals surface area contributed by atoms with Crippen molar-refractivity contribution < 1.29 is 4.42 Å². The molecule has 0 saturated carbocycles. The Hall–Kier alpha value is -3.08. The Labute approximate surface area is 159 Å². The summed E-state index contributed by atoms with van der Waals surface area (Å²) in [6, 6.07) is 16.2. The highest BCUT2D eigenvalue weighted by Gasteiger charge is 2.17. The van der Waals surface area contributed by atoms with E-state index in [1.807, 2.05) is 42.6 Å². The highest BCUT2D eigenvalue weighted by atomic mass is 16.3. The van der Waals surface area contributed by atoms with E-state index in [4.69, 9.17) is 9.40 Å². The second kappa shape index (κ2) is 8.08. The van der Waals surface area contributed by atoms with Crippen molar-refractivity contribution in [1.29, 1.82) is 0 Å². The van der Waals surface area contributed by atoms with Crippen molar-refractivity contribution >= 4 is 16.9 Å². The van der Waals surface area contributed by atoms with Crippen LogP contribution in [0.3, 0.4) is 0 Å². The Morgan fingerprint density at radius 1 is 1.04 bits per heavy atom. The minimum atomic E-state index is 0.714. The lowest BCUT2D eigenvalue weighted by atomic mass is 10.2. The number of nitrogens with zero attached hydrogens (tertiary/aromatic N) is 3. The molecule has 0 fully saturated rings. The van der Waals surface area contributed by atoms with Crippen LogP contribution in [-0.4, -0.2) is 14.5 Å². The van der Waals surface area contributed by atoms with Crippen molar-refractivity contribution in [2.24, 2.45) is 0 Å². The first-order valence-electron chi connectivity index (χ1n) is 9.53. The first kappa shape index (κ1) is 17.3. The summed E-state index contributed by atoms with van der Waals surface area (Å²) in [5.74, 6) is 2.46. The molecule has 3 heterocycles. The molecule has 0 aliphatic heterocycles. The summed E-state index contributed by atoms with van der Waals surface area (Å²) in [4.78, 5) is 9.43. The summed E-state index contributed by atoms with van der Waals surface area (Å²) >= 11 is 0. The maximum absolute atomic E-state index is 5.64. The van der Waals surface area contributed by atoms with Crippen molar-refractivity contribution in [1.82, 2.24) is 14.5 Å². The number of unbranched alkanes of at least 4 members (excludes halogenated alkanes) is 2. The minimum Gasteiger partial charge on any atom is -0.461 e. The van der Waals surface area contributed by atoms with Crippen molar-refractivity contribution in [3.8, 4) is 11.6 Å². The van der Waals surface area contributed by atoms with E-state index in [0.29, 0.717) is 6.54 Å². The van der Waals surface area contributed by atoms with Gasteiger partial charge < -0.3 is 14.3 Å². The highest BCUT2D eigenvalue weighted by molar-refractivity contribution is 5.88. The number of imidazole rings is 1. The van der Waals surface area contributed by atoms with E-state index in [1.54, 1.807) is 6.26 Å². The third kappa shape index (κ3) is 3.72. The van der Waals surface area contributed by atoms with Crippen LogP contribution >= 0.6 is 0 Å². The minimum absolute atomic E-state index is 0.714. The quantitative estimate of drug-likeness (QED) is 0.422. The molecular weight excluding hydrogens is 336 g/mol. The number of aryl methyl sites for hydroxylation is 1. The van der Waals surface area contributed by atoms with Gasteiger partial charge in [-0.3, -0.25) is 0 Å². The number of hydrogen-bond acceptors (Lipinski definition) is 4. The van der Waals surface area contributed by atoms with Crippen molar-refractivity contribution in [3.05, 3.63) is 66.6 Å². The monoisotopic (exact) mass is 360 g/mol. The van der Waals surface area contributed by atoms with Gasteiger partial charge in [-0.05, 0) is 30.2 Å². The average Bonchev–Trinajstić information content (AvgIpc) is 3.36. The number of fused-ring (bicyclic) bond motifs is 1. The van der Waals surface area contributed by atoms with Gasteiger partial charge in [-0.2, -0.15) is 0 Å². The Bertz CT molecular complexity index is 990. The third-order valence-corrected chi connectivity index (χ3v) is 4.70. The maximum atomic E-state index is 5.64. The zero-order valence-corrected chi connectivity index (χ0v) is 15.6. The van der Waals surface area contributed by atoms with Gasteiger partial charge in [0.1, 0.15) is 5.52 Å². The van der Waals surface area contributed by atoms with Gasteiger partial charge in [0, 0.05) is 19.3 Å². The smallest absolute Gasteiger partial charge is 0.177 e. The Kier molecular flexibility index (Phi) is 5.19. The molecule has 0 radical (unpaired) electrons. The third-order valence-electron chi connectivity index (χ3n) is 4.70. The molecule has 1 N–H and O–H groups in total. The number of anilines is 1. The number of hydrogen-bond donors (Lipinski definition) is 1. The van der Waals surface area contributed by atoms with Gasteiger partial charge in [-0.25, -0.2) is 9.97 Å². The molecule has 0 unspecified atom stereocenters. The van der Waals surface area contributed by atoms with Crippen molar-refractivity contribution in [3.63, 3.8) is 0 Å². The van der Waals surface area contributed by atoms with Gasteiger partial charge in [0.05, 0.1) is 11.8 Å². The molecule has 3 aromatic heterocycles. The lowest BCUT2D eigenvalue weighted by Gasteiger charge is -2.08. The lowest BCUT2D eigenvalue weighted by Crippen LogP contribution is -2.02. The summed E-state index contributed by atoms with van der Waals surface area (Å²) in [6.07, 6.45) is 7.04. The van der Waals surface area contributed by atoms with Gasteiger partial charge in [-0.15, -0.1) is 0 Å². The molecule has 4 aromatic rings. The van der Waals surface area contributed by atoms with Crippen molar-refractivity contribution in [2.75, 3.05) is 5.32 Å². The molecule has 0 spiro atoms. The van der Waals surface area contributed by atoms with Crippen LogP contribution in [0.15, 0.2) is 65.4 Å². The molecule has 5 nitrogen and oxygen atoms in total. The number of aromatic nitrogens is 3. The summed E-state index contributed by atoms with van der Waals surface area (Å²) in [5.41, 5.74) is 3.18. The van der Waals surface area contributed by atoms with Crippen LogP contribution in [0.5, 0.6) is 0 Å². The zero-order chi connectivity index (χ0) is 18.5. The molecular formula is C22H24N4O. The molecule has 4 rings (SSSR count). The molecule has 27 heavy (non-hydrogen) atoms. The standard InChI is InChI=1S/C22H24N4O/c1-2-3-7-14-26-18-12-13-23-21(24-16-17-9-5-4-6-10-17)20(18)25-22(26)19-11-8-15-27-19/h4-6,8-13,15H,2-3,7,14,16H2,1H3,(H,23,24). The van der Waals surface area contributed by atoms with E-state index in [2.05, 4.69) is 33.9 Å². The molecule has 1 aromatic carbocycles. The SMILES string of the molecule is CCCCCn1c(-c2ccco2)nc2c(NCc3ccccc3)nccc21. The van der Waals surface area contributed by atoms with E-state index < -0.39 is 0 Å². The van der Waals surface area contributed by atoms with Crippen LogP contribution in [0.4, 0.5) is 5.82 Å². The normalized spacial score (nSPS) is 11.1. The second-order valence-corrected chi connectivity index (χ2v) is 6.64. The van der Waals surface area contributed by atoms with E-state index in [1.165, 1.54) is 18.4 Å². The number of nitrogens with one attached hydrogen (secondary N) is 1. The number of rotatable bonds is 8. The average molecular weight is 360 g/mol. The van der Waals surface area contributed by atoms with Gasteiger partial charge in [-0.1, -0.05) is 50.1 Å². The van der Waals surface area contributed by atoms with Gasteiger partial charge in [0.25, 0.3) is 0 Å². The van der Waals surface area contributed by atoms with Crippen molar-refractivity contribution in [2.45, 2.75) is 39.3 Å². The van der Waals surface area contributed by atoms with E-state index >= 15 is 0 Å². The first-order valence-corrected chi connectivity index (χ1v) is 9.53.